The number of fused-ring (bicyclic) bond motifs is 1. The monoisotopic (exact) mass is 272 g/mol. The number of para-hydroxylation sites is 1. The van der Waals surface area contributed by atoms with Gasteiger partial charge in [0.1, 0.15) is 5.82 Å². The van der Waals surface area contributed by atoms with E-state index in [2.05, 4.69) is 16.9 Å². The van der Waals surface area contributed by atoms with Gasteiger partial charge >= 0.3 is 0 Å². The number of benzene rings is 1. The third-order valence-corrected chi connectivity index (χ3v) is 2.86. The molecule has 0 bridgehead atoms. The Morgan fingerprint density at radius 2 is 2.20 bits per heavy atom. The average Bonchev–Trinajstić information content (AvgIpc) is 2.45. The lowest BCUT2D eigenvalue weighted by Gasteiger charge is -2.11. The van der Waals surface area contributed by atoms with Gasteiger partial charge in [-0.15, -0.1) is 0 Å². The van der Waals surface area contributed by atoms with E-state index >= 15 is 0 Å². The number of nitrogens with one attached hydrogen (secondary N) is 1. The van der Waals surface area contributed by atoms with Crippen LogP contribution < -0.4 is 5.32 Å². The molecule has 2 N–H and O–H groups in total. The van der Waals surface area contributed by atoms with Gasteiger partial charge in [0.15, 0.2) is 0 Å². The van der Waals surface area contributed by atoms with Gasteiger partial charge in [-0.05, 0) is 19.1 Å². The van der Waals surface area contributed by atoms with Crippen LogP contribution in [-0.2, 0) is 11.3 Å². The summed E-state index contributed by atoms with van der Waals surface area (Å²) in [6.45, 7) is 7.47. The molecule has 0 spiro atoms. The van der Waals surface area contributed by atoms with Crippen LogP contribution >= 0.6 is 0 Å². The van der Waals surface area contributed by atoms with E-state index < -0.39 is 0 Å². The van der Waals surface area contributed by atoms with Crippen molar-refractivity contribution in [2.24, 2.45) is 0 Å². The Morgan fingerprint density at radius 1 is 1.40 bits per heavy atom. The minimum atomic E-state index is -0.0349. The van der Waals surface area contributed by atoms with Gasteiger partial charge in [0.05, 0.1) is 25.3 Å². The standard InChI is InChI=1S/C16H20N2O2/c1-12(2)11-20-8-7-17-16-14(10-19)9-13-5-3-4-6-15(13)18-16/h3-6,9,19H,1,7-8,10-11H2,2H3,(H,17,18). The lowest BCUT2D eigenvalue weighted by atomic mass is 10.1. The molecule has 0 saturated heterocycles. The highest BCUT2D eigenvalue weighted by atomic mass is 16.5. The third kappa shape index (κ3) is 3.79. The van der Waals surface area contributed by atoms with Crippen LogP contribution in [0.2, 0.25) is 0 Å². The van der Waals surface area contributed by atoms with Gasteiger partial charge in [-0.2, -0.15) is 0 Å². The van der Waals surface area contributed by atoms with E-state index in [1.807, 2.05) is 37.3 Å². The first-order chi connectivity index (χ1) is 9.70. The highest BCUT2D eigenvalue weighted by Gasteiger charge is 2.05. The van der Waals surface area contributed by atoms with E-state index in [0.717, 1.165) is 22.0 Å². The summed E-state index contributed by atoms with van der Waals surface area (Å²) < 4.78 is 5.43. The number of aliphatic hydroxyl groups is 1. The van der Waals surface area contributed by atoms with Crippen molar-refractivity contribution in [3.63, 3.8) is 0 Å². The van der Waals surface area contributed by atoms with Gasteiger partial charge in [-0.3, -0.25) is 0 Å². The molecule has 106 valence electrons. The minimum absolute atomic E-state index is 0.0349. The first kappa shape index (κ1) is 14.5. The van der Waals surface area contributed by atoms with Crippen LogP contribution in [0.25, 0.3) is 10.9 Å². The van der Waals surface area contributed by atoms with Crippen molar-refractivity contribution in [3.8, 4) is 0 Å². The Bertz CT molecular complexity index is 596. The summed E-state index contributed by atoms with van der Waals surface area (Å²) in [7, 11) is 0. The molecule has 0 saturated carbocycles. The van der Waals surface area contributed by atoms with Crippen molar-refractivity contribution in [2.75, 3.05) is 25.1 Å². The largest absolute Gasteiger partial charge is 0.392 e. The molecule has 0 aliphatic carbocycles. The summed E-state index contributed by atoms with van der Waals surface area (Å²) in [5.74, 6) is 0.713. The second kappa shape index (κ2) is 7.03. The first-order valence-corrected chi connectivity index (χ1v) is 6.66. The van der Waals surface area contributed by atoms with E-state index in [0.29, 0.717) is 25.6 Å². The van der Waals surface area contributed by atoms with Gasteiger partial charge in [0.25, 0.3) is 0 Å². The van der Waals surface area contributed by atoms with Gasteiger partial charge in [0, 0.05) is 17.5 Å². The van der Waals surface area contributed by atoms with Crippen molar-refractivity contribution >= 4 is 16.7 Å². The average molecular weight is 272 g/mol. The second-order valence-corrected chi connectivity index (χ2v) is 4.78. The summed E-state index contributed by atoms with van der Waals surface area (Å²) in [6.07, 6.45) is 0. The molecule has 0 aliphatic rings. The lowest BCUT2D eigenvalue weighted by molar-refractivity contribution is 0.167. The van der Waals surface area contributed by atoms with Crippen molar-refractivity contribution in [2.45, 2.75) is 13.5 Å². The van der Waals surface area contributed by atoms with Crippen LogP contribution in [0.15, 0.2) is 42.5 Å². The zero-order valence-electron chi connectivity index (χ0n) is 11.7. The molecule has 1 aromatic heterocycles. The number of anilines is 1. The zero-order chi connectivity index (χ0) is 14.4. The number of nitrogens with zero attached hydrogens (tertiary/aromatic N) is 1. The molecule has 0 radical (unpaired) electrons. The van der Waals surface area contributed by atoms with Crippen molar-refractivity contribution in [3.05, 3.63) is 48.0 Å². The van der Waals surface area contributed by atoms with Crippen LogP contribution in [0.3, 0.4) is 0 Å². The van der Waals surface area contributed by atoms with Crippen LogP contribution in [0.1, 0.15) is 12.5 Å². The highest BCUT2D eigenvalue weighted by molar-refractivity contribution is 5.81. The summed E-state index contributed by atoms with van der Waals surface area (Å²) in [5, 5.41) is 13.7. The zero-order valence-corrected chi connectivity index (χ0v) is 11.7. The van der Waals surface area contributed by atoms with Gasteiger partial charge in [0.2, 0.25) is 0 Å². The summed E-state index contributed by atoms with van der Waals surface area (Å²) in [4.78, 5) is 4.53. The first-order valence-electron chi connectivity index (χ1n) is 6.66. The van der Waals surface area contributed by atoms with Gasteiger partial charge in [-0.25, -0.2) is 4.98 Å². The molecule has 4 nitrogen and oxygen atoms in total. The van der Waals surface area contributed by atoms with Crippen LogP contribution in [-0.4, -0.2) is 29.8 Å². The number of rotatable bonds is 7. The maximum atomic E-state index is 9.43. The minimum Gasteiger partial charge on any atom is -0.392 e. The summed E-state index contributed by atoms with van der Waals surface area (Å²) >= 11 is 0. The third-order valence-electron chi connectivity index (χ3n) is 2.86. The van der Waals surface area contributed by atoms with Crippen LogP contribution in [0.4, 0.5) is 5.82 Å². The van der Waals surface area contributed by atoms with Crippen molar-refractivity contribution in [1.29, 1.82) is 0 Å². The normalized spacial score (nSPS) is 10.7. The smallest absolute Gasteiger partial charge is 0.132 e. The highest BCUT2D eigenvalue weighted by Crippen LogP contribution is 2.20. The molecular weight excluding hydrogens is 252 g/mol. The van der Waals surface area contributed by atoms with Gasteiger partial charge in [-0.1, -0.05) is 30.4 Å². The fourth-order valence-electron chi connectivity index (χ4n) is 1.92. The van der Waals surface area contributed by atoms with Crippen molar-refractivity contribution < 1.29 is 9.84 Å². The Balaban J connectivity index is 2.02. The fourth-order valence-corrected chi connectivity index (χ4v) is 1.92. The van der Waals surface area contributed by atoms with Gasteiger partial charge < -0.3 is 15.2 Å². The molecule has 1 aromatic carbocycles. The quantitative estimate of drug-likeness (QED) is 0.601. The van der Waals surface area contributed by atoms with E-state index in [1.165, 1.54) is 0 Å². The molecule has 4 heteroatoms. The van der Waals surface area contributed by atoms with E-state index in [4.69, 9.17) is 4.74 Å². The molecule has 20 heavy (non-hydrogen) atoms. The number of hydrogen-bond acceptors (Lipinski definition) is 4. The number of ether oxygens (including phenoxy) is 1. The molecule has 1 heterocycles. The molecule has 0 fully saturated rings. The van der Waals surface area contributed by atoms with E-state index in [1.54, 1.807) is 0 Å². The lowest BCUT2D eigenvalue weighted by Crippen LogP contribution is -2.12. The Labute approximate surface area is 119 Å². The maximum absolute atomic E-state index is 9.43. The predicted molar refractivity (Wildman–Crippen MR) is 81.8 cm³/mol. The topological polar surface area (TPSA) is 54.4 Å². The summed E-state index contributed by atoms with van der Waals surface area (Å²) in [5.41, 5.74) is 2.71. The molecule has 0 unspecified atom stereocenters. The van der Waals surface area contributed by atoms with Crippen molar-refractivity contribution in [1.82, 2.24) is 4.98 Å². The number of aromatic nitrogens is 1. The molecule has 2 rings (SSSR count). The molecule has 0 aliphatic heterocycles. The van der Waals surface area contributed by atoms with Crippen LogP contribution in [0, 0.1) is 0 Å². The molecule has 2 aromatic rings. The predicted octanol–water partition coefficient (Wildman–Crippen LogP) is 2.73. The molecule has 0 atom stereocenters. The number of aliphatic hydroxyl groups excluding tert-OH is 1. The van der Waals surface area contributed by atoms with E-state index in [-0.39, 0.29) is 6.61 Å². The summed E-state index contributed by atoms with van der Waals surface area (Å²) in [6, 6.07) is 9.82. The SMILES string of the molecule is C=C(C)COCCNc1nc2ccccc2cc1CO. The molecule has 0 amide bonds. The second-order valence-electron chi connectivity index (χ2n) is 4.78. The fraction of sp³-hybridized carbons (Fsp3) is 0.312. The Hall–Kier alpha value is -1.91. The number of pyridine rings is 1. The Kier molecular flexibility index (Phi) is 5.09. The maximum Gasteiger partial charge on any atom is 0.132 e. The van der Waals surface area contributed by atoms with Crippen LogP contribution in [0.5, 0.6) is 0 Å². The number of hydrogen-bond donors (Lipinski definition) is 2. The van der Waals surface area contributed by atoms with E-state index in [9.17, 15) is 5.11 Å². The Morgan fingerprint density at radius 3 is 2.95 bits per heavy atom. The molecular formula is C16H20N2O2.